The summed E-state index contributed by atoms with van der Waals surface area (Å²) in [6.45, 7) is -2.77. The predicted molar refractivity (Wildman–Crippen MR) is 43.5 cm³/mol. The largest absolute Gasteiger partial charge is 0.467 e. The fourth-order valence-corrected chi connectivity index (χ4v) is 0.720. The topological polar surface area (TPSA) is 55.4 Å². The number of esters is 1. The van der Waals surface area contributed by atoms with E-state index in [4.69, 9.17) is 4.11 Å². The van der Waals surface area contributed by atoms with E-state index in [-0.39, 0.29) is 5.75 Å². The summed E-state index contributed by atoms with van der Waals surface area (Å²) in [6, 6.07) is -1.03. The van der Waals surface area contributed by atoms with E-state index in [9.17, 15) is 9.59 Å². The molecule has 1 atom stereocenters. The number of carbonyl (C=O) groups is 2. The van der Waals surface area contributed by atoms with Gasteiger partial charge in [0.2, 0.25) is 5.91 Å². The summed E-state index contributed by atoms with van der Waals surface area (Å²) < 4.78 is 24.6. The van der Waals surface area contributed by atoms with Gasteiger partial charge in [-0.2, -0.15) is 12.6 Å². The highest BCUT2D eigenvalue weighted by Crippen LogP contribution is 1.90. The fourth-order valence-electron chi connectivity index (χ4n) is 0.480. The van der Waals surface area contributed by atoms with Gasteiger partial charge in [-0.15, -0.1) is 0 Å². The highest BCUT2D eigenvalue weighted by molar-refractivity contribution is 7.80. The lowest BCUT2D eigenvalue weighted by atomic mass is 10.3. The fraction of sp³-hybridized carbons (Fsp3) is 0.667. The molecule has 11 heavy (non-hydrogen) atoms. The number of hydrogen-bond acceptors (Lipinski definition) is 4. The SMILES string of the molecule is [2H]C([2H])([2H])C(=O)N[C@@H](CS)C(=O)OC. The molecule has 0 saturated heterocycles. The minimum absolute atomic E-state index is 0.0194. The van der Waals surface area contributed by atoms with Crippen molar-refractivity contribution in [2.24, 2.45) is 0 Å². The van der Waals surface area contributed by atoms with Gasteiger partial charge >= 0.3 is 5.97 Å². The molecule has 5 heteroatoms. The van der Waals surface area contributed by atoms with Gasteiger partial charge in [0.05, 0.1) is 7.11 Å². The smallest absolute Gasteiger partial charge is 0.329 e. The van der Waals surface area contributed by atoms with Crippen molar-refractivity contribution in [3.05, 3.63) is 0 Å². The van der Waals surface area contributed by atoms with Gasteiger partial charge < -0.3 is 10.1 Å². The monoisotopic (exact) mass is 180 g/mol. The van der Waals surface area contributed by atoms with Crippen molar-refractivity contribution in [1.82, 2.24) is 5.32 Å². The molecule has 0 spiro atoms. The van der Waals surface area contributed by atoms with E-state index in [0.29, 0.717) is 0 Å². The molecule has 0 aromatic carbocycles. The summed E-state index contributed by atoms with van der Waals surface area (Å²) in [7, 11) is 1.14. The minimum atomic E-state index is -2.77. The van der Waals surface area contributed by atoms with Crippen LogP contribution in [0, 0.1) is 0 Å². The van der Waals surface area contributed by atoms with Crippen LogP contribution in [0.3, 0.4) is 0 Å². The van der Waals surface area contributed by atoms with Crippen molar-refractivity contribution < 1.29 is 18.4 Å². The van der Waals surface area contributed by atoms with Gasteiger partial charge in [-0.25, -0.2) is 4.79 Å². The third-order valence-electron chi connectivity index (χ3n) is 0.974. The van der Waals surface area contributed by atoms with E-state index in [2.05, 4.69) is 17.4 Å². The first kappa shape index (κ1) is 5.88. The Balaban J connectivity index is 4.34. The Morgan fingerprint density at radius 3 is 2.82 bits per heavy atom. The highest BCUT2D eigenvalue weighted by Gasteiger charge is 2.17. The van der Waals surface area contributed by atoms with E-state index in [1.165, 1.54) is 0 Å². The van der Waals surface area contributed by atoms with Crippen LogP contribution in [-0.2, 0) is 14.3 Å². The molecule has 0 rings (SSSR count). The van der Waals surface area contributed by atoms with Crippen molar-refractivity contribution in [3.8, 4) is 0 Å². The van der Waals surface area contributed by atoms with E-state index >= 15 is 0 Å². The van der Waals surface area contributed by atoms with Crippen LogP contribution in [-0.4, -0.2) is 30.8 Å². The number of carbonyl (C=O) groups excluding carboxylic acids is 2. The van der Waals surface area contributed by atoms with Crippen LogP contribution in [0.2, 0.25) is 0 Å². The van der Waals surface area contributed by atoms with E-state index in [0.717, 1.165) is 7.11 Å². The molecule has 0 heterocycles. The summed E-state index contributed by atoms with van der Waals surface area (Å²) in [4.78, 5) is 21.9. The van der Waals surface area contributed by atoms with Crippen molar-refractivity contribution >= 4 is 24.5 Å². The molecule has 1 amide bonds. The summed E-state index contributed by atoms with van der Waals surface area (Å²) in [5.74, 6) is -1.94. The molecular formula is C6H11NO3S. The number of methoxy groups -OCH3 is 1. The zero-order valence-corrected chi connectivity index (χ0v) is 6.85. The normalized spacial score (nSPS) is 17.1. The first-order valence-electron chi connectivity index (χ1n) is 4.32. The van der Waals surface area contributed by atoms with Crippen molar-refractivity contribution in [3.63, 3.8) is 0 Å². The molecule has 1 N–H and O–H groups in total. The molecule has 0 aliphatic rings. The Bertz CT molecular complexity index is 231. The molecule has 0 bridgehead atoms. The lowest BCUT2D eigenvalue weighted by Gasteiger charge is -2.11. The van der Waals surface area contributed by atoms with Crippen LogP contribution in [0.1, 0.15) is 11.0 Å². The predicted octanol–water partition coefficient (Wildman–Crippen LogP) is -0.406. The molecule has 0 saturated carbocycles. The number of hydrogen-bond donors (Lipinski definition) is 2. The third-order valence-corrected chi connectivity index (χ3v) is 1.34. The maximum atomic E-state index is 10.9. The third kappa shape index (κ3) is 3.87. The molecular weight excluding hydrogens is 166 g/mol. The second-order valence-corrected chi connectivity index (χ2v) is 2.10. The Morgan fingerprint density at radius 2 is 2.45 bits per heavy atom. The van der Waals surface area contributed by atoms with Crippen molar-refractivity contribution in [2.75, 3.05) is 12.9 Å². The lowest BCUT2D eigenvalue weighted by Crippen LogP contribution is -2.41. The number of thiol groups is 1. The summed E-state index contributed by atoms with van der Waals surface area (Å²) in [5, 5.41) is 2.00. The second-order valence-electron chi connectivity index (χ2n) is 1.73. The average Bonchev–Trinajstić information content (AvgIpc) is 2.10. The van der Waals surface area contributed by atoms with Gasteiger partial charge in [0.15, 0.2) is 0 Å². The molecule has 0 aromatic heterocycles. The Morgan fingerprint density at radius 1 is 1.82 bits per heavy atom. The van der Waals surface area contributed by atoms with Crippen molar-refractivity contribution in [2.45, 2.75) is 12.9 Å². The number of rotatable bonds is 3. The molecule has 0 aliphatic carbocycles. The quantitative estimate of drug-likeness (QED) is 0.459. The van der Waals surface area contributed by atoms with Crippen LogP contribution in [0.15, 0.2) is 0 Å². The Hall–Kier alpha value is -0.710. The number of nitrogens with one attached hydrogen (secondary N) is 1. The molecule has 0 radical (unpaired) electrons. The van der Waals surface area contributed by atoms with Crippen LogP contribution >= 0.6 is 12.6 Å². The summed E-state index contributed by atoms with van der Waals surface area (Å²) in [6.07, 6.45) is 0. The first-order chi connectivity index (χ1) is 6.32. The van der Waals surface area contributed by atoms with Gasteiger partial charge in [0.1, 0.15) is 6.04 Å². The van der Waals surface area contributed by atoms with Crippen LogP contribution in [0.4, 0.5) is 0 Å². The van der Waals surface area contributed by atoms with Gasteiger partial charge in [0.25, 0.3) is 0 Å². The van der Waals surface area contributed by atoms with Crippen LogP contribution in [0.5, 0.6) is 0 Å². The number of amides is 1. The Kier molecular flexibility index (Phi) is 2.68. The highest BCUT2D eigenvalue weighted by atomic mass is 32.1. The van der Waals surface area contributed by atoms with Crippen molar-refractivity contribution in [1.29, 1.82) is 0 Å². The Labute approximate surface area is 74.9 Å². The van der Waals surface area contributed by atoms with E-state index in [1.54, 1.807) is 0 Å². The zero-order valence-electron chi connectivity index (χ0n) is 8.96. The number of ether oxygens (including phenoxy) is 1. The average molecular weight is 180 g/mol. The maximum Gasteiger partial charge on any atom is 0.329 e. The van der Waals surface area contributed by atoms with Gasteiger partial charge in [-0.3, -0.25) is 4.79 Å². The van der Waals surface area contributed by atoms with Crippen LogP contribution in [0.25, 0.3) is 0 Å². The second kappa shape index (κ2) is 5.01. The lowest BCUT2D eigenvalue weighted by molar-refractivity contribution is -0.144. The standard InChI is InChI=1S/C6H11NO3S/c1-4(8)7-5(3-11)6(9)10-2/h5,11H,3H2,1-2H3,(H,7,8)/t5-/m0/s1/i1D3. The summed E-state index contributed by atoms with van der Waals surface area (Å²) >= 11 is 3.78. The molecule has 0 aromatic rings. The molecule has 0 aliphatic heterocycles. The molecule has 0 fully saturated rings. The van der Waals surface area contributed by atoms with Gasteiger partial charge in [0, 0.05) is 16.7 Å². The van der Waals surface area contributed by atoms with Gasteiger partial charge in [-0.05, 0) is 0 Å². The summed E-state index contributed by atoms with van der Waals surface area (Å²) in [5.41, 5.74) is 0. The molecule has 0 unspecified atom stereocenters. The maximum absolute atomic E-state index is 10.9. The molecule has 4 nitrogen and oxygen atoms in total. The van der Waals surface area contributed by atoms with E-state index < -0.39 is 24.8 Å². The first-order valence-corrected chi connectivity index (χ1v) is 3.45. The zero-order chi connectivity index (χ0) is 11.4. The molecule has 64 valence electrons. The minimum Gasteiger partial charge on any atom is -0.467 e. The van der Waals surface area contributed by atoms with Crippen LogP contribution < -0.4 is 5.32 Å². The van der Waals surface area contributed by atoms with E-state index in [1.807, 2.05) is 5.32 Å². The van der Waals surface area contributed by atoms with Gasteiger partial charge in [-0.1, -0.05) is 0 Å².